The molecular weight excluding hydrogens is 473 g/mol. The van der Waals surface area contributed by atoms with Crippen LogP contribution in [0.2, 0.25) is 0 Å². The smallest absolute Gasteiger partial charge is 0.273 e. The molecule has 34 heavy (non-hydrogen) atoms. The number of amidine groups is 1. The number of H-pyrrole nitrogens is 1. The molecule has 0 unspecified atom stereocenters. The zero-order chi connectivity index (χ0) is 24.9. The molecule has 3 N–H and O–H groups in total. The van der Waals surface area contributed by atoms with Crippen LogP contribution in [0.5, 0.6) is 0 Å². The van der Waals surface area contributed by atoms with E-state index in [0.29, 0.717) is 10.1 Å². The lowest BCUT2D eigenvalue weighted by molar-refractivity contribution is -0.659. The van der Waals surface area contributed by atoms with E-state index in [-0.39, 0.29) is 5.69 Å². The number of halogens is 7. The Hall–Kier alpha value is -3.90. The maximum Gasteiger partial charge on any atom is 0.446 e. The molecule has 0 spiro atoms. The van der Waals surface area contributed by atoms with Gasteiger partial charge in [0, 0.05) is 0 Å². The zero-order valence-corrected chi connectivity index (χ0v) is 16.8. The van der Waals surface area contributed by atoms with Crippen molar-refractivity contribution in [3.05, 3.63) is 92.4 Å². The summed E-state index contributed by atoms with van der Waals surface area (Å²) in [5, 5.41) is 2.36. The fourth-order valence-corrected chi connectivity index (χ4v) is 3.78. The highest BCUT2D eigenvalue weighted by Crippen LogP contribution is 2.48. The number of aromatic amines is 1. The summed E-state index contributed by atoms with van der Waals surface area (Å²) in [5.41, 5.74) is -9.76. The first kappa shape index (κ1) is 23.3. The van der Waals surface area contributed by atoms with Crippen LogP contribution < -0.4 is 21.6 Å². The Morgan fingerprint density at radius 1 is 0.882 bits per heavy atom. The van der Waals surface area contributed by atoms with Gasteiger partial charge in [-0.15, -0.1) is 0 Å². The van der Waals surface area contributed by atoms with Crippen LogP contribution in [0.25, 0.3) is 5.69 Å². The molecule has 3 aromatic rings. The monoisotopic (exact) mass is 487 g/mol. The molecule has 2 aromatic carbocycles. The number of benzene rings is 2. The fraction of sp³-hybridized carbons (Fsp3) is 0.190. The van der Waals surface area contributed by atoms with Crippen molar-refractivity contribution in [2.75, 3.05) is 5.32 Å². The van der Waals surface area contributed by atoms with Crippen LogP contribution >= 0.6 is 0 Å². The van der Waals surface area contributed by atoms with Gasteiger partial charge in [0.25, 0.3) is 11.4 Å². The van der Waals surface area contributed by atoms with E-state index >= 15 is 0 Å². The molecule has 0 radical (unpaired) electrons. The van der Waals surface area contributed by atoms with Gasteiger partial charge < -0.3 is 0 Å². The van der Waals surface area contributed by atoms with Crippen molar-refractivity contribution in [1.82, 2.24) is 9.55 Å². The summed E-state index contributed by atoms with van der Waals surface area (Å²) in [6.45, 7) is 0. The Kier molecular flexibility index (Phi) is 5.37. The SMILES string of the molecule is O=c1[nH]c(=O)n(-c2ccc(F)cc2)c2c1C(C(F)(F)F)(C(F)(F)F)[NH+]=C(Cc1ccccc1)N2. The summed E-state index contributed by atoms with van der Waals surface area (Å²) < 4.78 is 99.2. The van der Waals surface area contributed by atoms with Crippen molar-refractivity contribution >= 4 is 11.7 Å². The minimum atomic E-state index is -6.05. The van der Waals surface area contributed by atoms with Gasteiger partial charge in [-0.25, -0.2) is 19.1 Å². The second kappa shape index (κ2) is 7.85. The number of aromatic nitrogens is 2. The number of rotatable bonds is 3. The minimum absolute atomic E-state index is 0.273. The van der Waals surface area contributed by atoms with Crippen molar-refractivity contribution in [3.63, 3.8) is 0 Å². The fourth-order valence-electron chi connectivity index (χ4n) is 3.78. The molecule has 1 aliphatic heterocycles. The van der Waals surface area contributed by atoms with Gasteiger partial charge in [-0.2, -0.15) is 26.3 Å². The molecule has 0 saturated heterocycles. The van der Waals surface area contributed by atoms with Crippen LogP contribution in [-0.2, 0) is 12.0 Å². The van der Waals surface area contributed by atoms with Crippen LogP contribution in [0.3, 0.4) is 0 Å². The van der Waals surface area contributed by atoms with Gasteiger partial charge >= 0.3 is 23.6 Å². The van der Waals surface area contributed by atoms with Crippen molar-refractivity contribution in [1.29, 1.82) is 0 Å². The van der Waals surface area contributed by atoms with Gasteiger partial charge in [-0.05, 0) is 29.8 Å². The van der Waals surface area contributed by atoms with Gasteiger partial charge in [0.05, 0.1) is 12.1 Å². The van der Waals surface area contributed by atoms with E-state index in [2.05, 4.69) is 5.32 Å². The van der Waals surface area contributed by atoms with Crippen molar-refractivity contribution in [3.8, 4) is 5.69 Å². The first-order valence-corrected chi connectivity index (χ1v) is 9.59. The number of nitrogens with zero attached hydrogens (tertiary/aromatic N) is 1. The quantitative estimate of drug-likeness (QED) is 0.496. The van der Waals surface area contributed by atoms with E-state index < -0.39 is 58.6 Å². The average molecular weight is 487 g/mol. The summed E-state index contributed by atoms with van der Waals surface area (Å²) >= 11 is 0. The first-order valence-electron chi connectivity index (χ1n) is 9.59. The van der Waals surface area contributed by atoms with Crippen LogP contribution in [0.15, 0.2) is 64.2 Å². The average Bonchev–Trinajstić information content (AvgIpc) is 2.73. The third-order valence-corrected chi connectivity index (χ3v) is 5.25. The number of alkyl halides is 6. The molecule has 0 bridgehead atoms. The molecular formula is C21H14F7N4O2+. The summed E-state index contributed by atoms with van der Waals surface area (Å²) in [4.78, 5) is 28.0. The molecule has 0 amide bonds. The van der Waals surface area contributed by atoms with Crippen molar-refractivity contribution in [2.45, 2.75) is 24.3 Å². The van der Waals surface area contributed by atoms with E-state index in [1.807, 2.05) is 0 Å². The third kappa shape index (κ3) is 3.66. The number of hydrogen-bond acceptors (Lipinski definition) is 3. The van der Waals surface area contributed by atoms with Gasteiger partial charge in [-0.3, -0.25) is 14.8 Å². The Morgan fingerprint density at radius 2 is 1.47 bits per heavy atom. The van der Waals surface area contributed by atoms with E-state index in [1.54, 1.807) is 6.07 Å². The molecule has 13 heteroatoms. The Balaban J connectivity index is 2.09. The maximum atomic E-state index is 14.2. The molecule has 0 atom stereocenters. The Bertz CT molecular complexity index is 1360. The largest absolute Gasteiger partial charge is 0.446 e. The van der Waals surface area contributed by atoms with Gasteiger partial charge in [0.15, 0.2) is 0 Å². The number of nitrogens with one attached hydrogen (secondary N) is 3. The van der Waals surface area contributed by atoms with Crippen LogP contribution in [0, 0.1) is 5.82 Å². The summed E-state index contributed by atoms with van der Waals surface area (Å²) in [6.07, 6.45) is -12.6. The lowest BCUT2D eigenvalue weighted by atomic mass is 9.87. The predicted octanol–water partition coefficient (Wildman–Crippen LogP) is 2.13. The Labute approximate surface area is 185 Å². The lowest BCUT2D eigenvalue weighted by Gasteiger charge is -2.35. The van der Waals surface area contributed by atoms with Gasteiger partial charge in [0.2, 0.25) is 5.82 Å². The predicted molar refractivity (Wildman–Crippen MR) is 106 cm³/mol. The van der Waals surface area contributed by atoms with Crippen molar-refractivity contribution < 1.29 is 35.7 Å². The molecule has 0 fully saturated rings. The van der Waals surface area contributed by atoms with Crippen LogP contribution in [0.4, 0.5) is 36.6 Å². The second-order valence-corrected chi connectivity index (χ2v) is 7.43. The molecule has 2 heterocycles. The molecule has 1 aliphatic rings. The van der Waals surface area contributed by atoms with Gasteiger partial charge in [-0.1, -0.05) is 30.3 Å². The van der Waals surface area contributed by atoms with Crippen molar-refractivity contribution in [2.24, 2.45) is 0 Å². The summed E-state index contributed by atoms with van der Waals surface area (Å²) in [7, 11) is 0. The standard InChI is InChI=1S/C21H13F7N4O2/c22-12-6-8-13(9-7-12)32-16-15(17(33)30-18(32)34)19(20(23,24)25,21(26,27)28)31-14(29-16)10-11-4-2-1-3-5-11/h1-9H,10H2,(H,29,31)(H,30,33,34)/p+1. The molecule has 6 nitrogen and oxygen atoms in total. The molecule has 0 aliphatic carbocycles. The van der Waals surface area contributed by atoms with E-state index in [0.717, 1.165) is 24.3 Å². The number of hydrogen-bond donors (Lipinski definition) is 3. The van der Waals surface area contributed by atoms with Crippen LogP contribution in [-0.4, -0.2) is 27.7 Å². The lowest BCUT2D eigenvalue weighted by Crippen LogP contribution is -2.97. The summed E-state index contributed by atoms with van der Waals surface area (Å²) in [6, 6.07) is 11.3. The molecule has 1 aromatic heterocycles. The Morgan fingerprint density at radius 3 is 2.03 bits per heavy atom. The van der Waals surface area contributed by atoms with E-state index in [1.165, 1.54) is 34.2 Å². The number of anilines is 1. The van der Waals surface area contributed by atoms with Gasteiger partial charge in [0.1, 0.15) is 11.4 Å². The van der Waals surface area contributed by atoms with E-state index in [9.17, 15) is 40.3 Å². The normalized spacial score (nSPS) is 15.3. The topological polar surface area (TPSA) is 80.9 Å². The highest BCUT2D eigenvalue weighted by Gasteiger charge is 2.78. The molecule has 4 rings (SSSR count). The molecule has 0 saturated carbocycles. The summed E-state index contributed by atoms with van der Waals surface area (Å²) in [5.74, 6) is -2.46. The highest BCUT2D eigenvalue weighted by atomic mass is 19.4. The minimum Gasteiger partial charge on any atom is -0.273 e. The first-order chi connectivity index (χ1) is 15.8. The zero-order valence-electron chi connectivity index (χ0n) is 16.8. The molecule has 178 valence electrons. The van der Waals surface area contributed by atoms with E-state index in [4.69, 9.17) is 0 Å². The van der Waals surface area contributed by atoms with Crippen LogP contribution in [0.1, 0.15) is 11.1 Å². The third-order valence-electron chi connectivity index (χ3n) is 5.25. The highest BCUT2D eigenvalue weighted by molar-refractivity contribution is 5.94. The maximum absolute atomic E-state index is 14.2. The second-order valence-electron chi connectivity index (χ2n) is 7.43. The number of fused-ring (bicyclic) bond motifs is 1.